The Balaban J connectivity index is 0.000000187. The van der Waals surface area contributed by atoms with Gasteiger partial charge in [0.05, 0.1) is 12.6 Å². The maximum Gasteiger partial charge on any atom is 0.248 e. The topological polar surface area (TPSA) is 90.3 Å². The summed E-state index contributed by atoms with van der Waals surface area (Å²) in [6.07, 6.45) is 3.71. The third kappa shape index (κ3) is 6.53. The van der Waals surface area contributed by atoms with Gasteiger partial charge in [0.25, 0.3) is 0 Å². The summed E-state index contributed by atoms with van der Waals surface area (Å²) in [7, 11) is 0. The summed E-state index contributed by atoms with van der Waals surface area (Å²) in [5.74, 6) is -0.347. The number of aliphatic hydroxyl groups excluding tert-OH is 1. The highest BCUT2D eigenvalue weighted by Gasteiger charge is 1.83. The lowest BCUT2D eigenvalue weighted by Gasteiger charge is -1.86. The Kier molecular flexibility index (Phi) is 4.76. The number of carbonyl (C=O) groups is 1. The largest absolute Gasteiger partial charge is 0.548 e. The van der Waals surface area contributed by atoms with E-state index in [1.54, 1.807) is 0 Å². The highest BCUT2D eigenvalue weighted by Crippen LogP contribution is 1.70. The van der Waals surface area contributed by atoms with Crippen molar-refractivity contribution in [2.75, 3.05) is 6.61 Å². The Bertz CT molecular complexity index is 196. The van der Waals surface area contributed by atoms with Crippen molar-refractivity contribution in [2.45, 2.75) is 6.92 Å². The van der Waals surface area contributed by atoms with E-state index >= 15 is 0 Å². The zero-order valence-electron chi connectivity index (χ0n) is 6.13. The Labute approximate surface area is 63.7 Å². The maximum absolute atomic E-state index is 9.01. The van der Waals surface area contributed by atoms with Crippen LogP contribution in [0.15, 0.2) is 12.4 Å². The second-order valence-corrected chi connectivity index (χ2v) is 1.78. The third-order valence-electron chi connectivity index (χ3n) is 0.812. The number of hydrogen-bond donors (Lipinski definition) is 2. The van der Waals surface area contributed by atoms with Crippen molar-refractivity contribution in [1.82, 2.24) is 4.98 Å². The van der Waals surface area contributed by atoms with Crippen molar-refractivity contribution in [1.29, 1.82) is 0 Å². The molecule has 0 aliphatic heterocycles. The van der Waals surface area contributed by atoms with Crippen molar-refractivity contribution >= 4 is 5.97 Å². The average Bonchev–Trinajstić information content (AvgIpc) is 2.41. The van der Waals surface area contributed by atoms with Crippen LogP contribution < -0.4 is 10.1 Å². The minimum Gasteiger partial charge on any atom is -0.548 e. The molecule has 0 atom stereocenters. The molecule has 0 radical (unpaired) electrons. The van der Waals surface area contributed by atoms with Gasteiger partial charge in [0.15, 0.2) is 0 Å². The fourth-order valence-electron chi connectivity index (χ4n) is 0.375. The van der Waals surface area contributed by atoms with Crippen molar-refractivity contribution in [3.8, 4) is 0 Å². The molecule has 62 valence electrons. The van der Waals surface area contributed by atoms with Gasteiger partial charge in [-0.15, -0.1) is 0 Å². The number of H-pyrrole nitrogens is 2. The van der Waals surface area contributed by atoms with Gasteiger partial charge in [-0.1, -0.05) is 0 Å². The van der Waals surface area contributed by atoms with Crippen molar-refractivity contribution in [3.63, 3.8) is 0 Å². The molecule has 0 amide bonds. The number of rotatable bonds is 1. The molecule has 0 spiro atoms. The quantitative estimate of drug-likeness (QED) is 0.489. The van der Waals surface area contributed by atoms with Gasteiger partial charge < -0.3 is 15.0 Å². The first-order valence-corrected chi connectivity index (χ1v) is 2.99. The van der Waals surface area contributed by atoms with Crippen LogP contribution in [-0.2, 0) is 4.79 Å². The maximum atomic E-state index is 9.01. The third-order valence-corrected chi connectivity index (χ3v) is 0.812. The second kappa shape index (κ2) is 5.43. The molecular weight excluding hydrogens is 148 g/mol. The predicted octanol–water partition coefficient (Wildman–Crippen LogP) is -2.13. The van der Waals surface area contributed by atoms with E-state index in [1.807, 2.05) is 19.3 Å². The van der Waals surface area contributed by atoms with E-state index in [1.165, 1.54) is 0 Å². The molecule has 1 aromatic rings. The molecule has 0 aromatic carbocycles. The predicted molar refractivity (Wildman–Crippen MR) is 34.2 cm³/mol. The first-order valence-electron chi connectivity index (χ1n) is 2.99. The number of hydrogen-bond acceptors (Lipinski definition) is 3. The first-order chi connectivity index (χ1) is 5.16. The van der Waals surface area contributed by atoms with Crippen LogP contribution in [0.4, 0.5) is 0 Å². The summed E-state index contributed by atoms with van der Waals surface area (Å²) in [6.45, 7) is 1.08. The van der Waals surface area contributed by atoms with Crippen LogP contribution >= 0.6 is 0 Å². The highest BCUT2D eigenvalue weighted by atomic mass is 16.4. The molecule has 3 N–H and O–H groups in total. The van der Waals surface area contributed by atoms with Gasteiger partial charge in [0.2, 0.25) is 5.82 Å². The van der Waals surface area contributed by atoms with Gasteiger partial charge in [-0.05, 0) is 0 Å². The van der Waals surface area contributed by atoms with Gasteiger partial charge >= 0.3 is 0 Å². The summed E-state index contributed by atoms with van der Waals surface area (Å²) < 4.78 is 0. The molecule has 0 unspecified atom stereocenters. The molecule has 0 saturated carbocycles. The van der Waals surface area contributed by atoms with Crippen LogP contribution in [0.2, 0.25) is 0 Å². The molecule has 1 rings (SSSR count). The summed E-state index contributed by atoms with van der Waals surface area (Å²) in [5.41, 5.74) is 0. The molecular formula is C6H10N2O3. The first kappa shape index (κ1) is 9.64. The minimum atomic E-state index is -1.44. The van der Waals surface area contributed by atoms with Crippen LogP contribution in [0.1, 0.15) is 5.82 Å². The van der Waals surface area contributed by atoms with E-state index in [4.69, 9.17) is 15.0 Å². The van der Waals surface area contributed by atoms with Crippen molar-refractivity contribution in [3.05, 3.63) is 18.2 Å². The number of aromatic nitrogens is 2. The van der Waals surface area contributed by atoms with E-state index in [0.29, 0.717) is 0 Å². The molecule has 0 aliphatic carbocycles. The van der Waals surface area contributed by atoms with Crippen LogP contribution in [0.3, 0.4) is 0 Å². The van der Waals surface area contributed by atoms with E-state index in [9.17, 15) is 0 Å². The standard InChI is InChI=1S/C4H6N2.C2H4O3/c1-4-5-2-3-6-4;3-1-2(4)5/h2-3H,1H3,(H,5,6);3H,1H2,(H,4,5). The highest BCUT2D eigenvalue weighted by molar-refractivity contribution is 5.65. The molecule has 5 heteroatoms. The van der Waals surface area contributed by atoms with Crippen LogP contribution in [0.25, 0.3) is 0 Å². The molecule has 5 nitrogen and oxygen atoms in total. The number of aliphatic hydroxyl groups is 1. The Morgan fingerprint density at radius 2 is 2.45 bits per heavy atom. The molecule has 0 fully saturated rings. The lowest BCUT2D eigenvalue weighted by atomic mass is 10.8. The fraction of sp³-hybridized carbons (Fsp3) is 0.333. The fourth-order valence-corrected chi connectivity index (χ4v) is 0.375. The summed E-state index contributed by atoms with van der Waals surface area (Å²) in [5, 5.41) is 16.5. The normalized spacial score (nSPS) is 8.18. The van der Waals surface area contributed by atoms with Gasteiger partial charge in [0.1, 0.15) is 12.4 Å². The monoisotopic (exact) mass is 158 g/mol. The van der Waals surface area contributed by atoms with Crippen molar-refractivity contribution < 1.29 is 20.0 Å². The summed E-state index contributed by atoms with van der Waals surface area (Å²) in [4.78, 5) is 14.9. The number of nitrogens with one attached hydrogen (secondary N) is 2. The summed E-state index contributed by atoms with van der Waals surface area (Å²) in [6, 6.07) is 0. The number of imidazole rings is 1. The lowest BCUT2D eigenvalue weighted by molar-refractivity contribution is -0.385. The van der Waals surface area contributed by atoms with Crippen molar-refractivity contribution in [2.24, 2.45) is 0 Å². The number of carbonyl (C=O) groups excluding carboxylic acids is 1. The van der Waals surface area contributed by atoms with Gasteiger partial charge in [-0.3, -0.25) is 0 Å². The molecule has 0 aliphatic rings. The van der Waals surface area contributed by atoms with Gasteiger partial charge in [-0.25, -0.2) is 9.97 Å². The number of aryl methyl sites for hydroxylation is 1. The smallest absolute Gasteiger partial charge is 0.248 e. The molecule has 0 saturated heterocycles. The Morgan fingerprint density at radius 3 is 2.55 bits per heavy atom. The van der Waals surface area contributed by atoms with Crippen LogP contribution in [0.5, 0.6) is 0 Å². The molecule has 1 aromatic heterocycles. The second-order valence-electron chi connectivity index (χ2n) is 1.78. The lowest BCUT2D eigenvalue weighted by Crippen LogP contribution is -2.25. The van der Waals surface area contributed by atoms with E-state index in [0.717, 1.165) is 5.82 Å². The number of aliphatic carboxylic acids is 1. The number of carboxylic acid groups (broad SMARTS) is 1. The summed E-state index contributed by atoms with van der Waals surface area (Å²) >= 11 is 0. The van der Waals surface area contributed by atoms with E-state index in [-0.39, 0.29) is 0 Å². The Hall–Kier alpha value is -1.36. The number of carboxylic acids is 1. The number of aromatic amines is 2. The van der Waals surface area contributed by atoms with Gasteiger partial charge in [0, 0.05) is 6.92 Å². The van der Waals surface area contributed by atoms with Crippen LogP contribution in [-0.4, -0.2) is 22.7 Å². The van der Waals surface area contributed by atoms with E-state index < -0.39 is 12.6 Å². The molecule has 1 heterocycles. The molecule has 11 heavy (non-hydrogen) atoms. The van der Waals surface area contributed by atoms with Crippen LogP contribution in [0, 0.1) is 6.92 Å². The molecule has 0 bridgehead atoms. The Morgan fingerprint density at radius 1 is 1.91 bits per heavy atom. The zero-order chi connectivity index (χ0) is 8.69. The SMILES string of the molecule is Cc1[nH]cc[nH+]1.O=C([O-])CO. The average molecular weight is 158 g/mol. The minimum absolute atomic E-state index is 0.889. The van der Waals surface area contributed by atoms with E-state index in [2.05, 4.69) is 9.97 Å². The van der Waals surface area contributed by atoms with Gasteiger partial charge in [-0.2, -0.15) is 0 Å². The zero-order valence-corrected chi connectivity index (χ0v) is 6.13.